The summed E-state index contributed by atoms with van der Waals surface area (Å²) in [6, 6.07) is 5.06. The first kappa shape index (κ1) is 11.8. The number of carbonyl (C=O) groups is 1. The predicted octanol–water partition coefficient (Wildman–Crippen LogP) is 2.62. The number of benzene rings is 1. The predicted molar refractivity (Wildman–Crippen MR) is 71.2 cm³/mol. The van der Waals surface area contributed by atoms with Gasteiger partial charge in [0.15, 0.2) is 5.15 Å². The quantitative estimate of drug-likeness (QED) is 0.387. The molecule has 2 aromatic heterocycles. The van der Waals surface area contributed by atoms with Crippen LogP contribution in [0.3, 0.4) is 0 Å². The van der Waals surface area contributed by atoms with Crippen LogP contribution in [0.2, 0.25) is 5.15 Å². The maximum absolute atomic E-state index is 11.5. The van der Waals surface area contributed by atoms with Gasteiger partial charge < -0.3 is 4.74 Å². The van der Waals surface area contributed by atoms with E-state index in [-0.39, 0.29) is 5.15 Å². The van der Waals surface area contributed by atoms with Gasteiger partial charge in [0.1, 0.15) is 11.0 Å². The van der Waals surface area contributed by atoms with Gasteiger partial charge in [0, 0.05) is 17.8 Å². The van der Waals surface area contributed by atoms with E-state index in [0.29, 0.717) is 22.1 Å². The summed E-state index contributed by atoms with van der Waals surface area (Å²) >= 11 is 6.07. The second-order valence-corrected chi connectivity index (χ2v) is 4.24. The van der Waals surface area contributed by atoms with Gasteiger partial charge in [0.2, 0.25) is 0 Å². The third-order valence-electron chi connectivity index (χ3n) is 2.79. The maximum Gasteiger partial charge on any atom is 0.337 e. The van der Waals surface area contributed by atoms with Gasteiger partial charge in [-0.25, -0.2) is 14.8 Å². The van der Waals surface area contributed by atoms with Gasteiger partial charge in [-0.05, 0) is 18.2 Å². The van der Waals surface area contributed by atoms with E-state index in [1.165, 1.54) is 7.11 Å². The molecule has 0 aliphatic rings. The Hall–Kier alpha value is -2.27. The van der Waals surface area contributed by atoms with Crippen LogP contribution >= 0.6 is 11.6 Å². The third-order valence-corrected chi connectivity index (χ3v) is 3.05. The number of pyridine rings is 1. The van der Waals surface area contributed by atoms with E-state index in [0.717, 1.165) is 5.39 Å². The number of hydrogen-bond acceptors (Lipinski definition) is 5. The van der Waals surface area contributed by atoms with Crippen molar-refractivity contribution in [3.63, 3.8) is 0 Å². The molecule has 0 bridgehead atoms. The molecular formula is C13H8ClN3O2. The number of aromatic nitrogens is 3. The van der Waals surface area contributed by atoms with Crippen molar-refractivity contribution in [1.29, 1.82) is 0 Å². The van der Waals surface area contributed by atoms with Crippen LogP contribution in [0, 0.1) is 0 Å². The normalized spacial score (nSPS) is 10.8. The molecular weight excluding hydrogens is 266 g/mol. The molecule has 0 aliphatic carbocycles. The first-order chi connectivity index (χ1) is 9.20. The summed E-state index contributed by atoms with van der Waals surface area (Å²) in [5.41, 5.74) is 2.21. The molecule has 6 heteroatoms. The average molecular weight is 274 g/mol. The number of nitrogens with zero attached hydrogens (tertiary/aromatic N) is 3. The Labute approximate surface area is 113 Å². The molecule has 2 heterocycles. The fourth-order valence-corrected chi connectivity index (χ4v) is 2.14. The van der Waals surface area contributed by atoms with Gasteiger partial charge in [0.25, 0.3) is 0 Å². The van der Waals surface area contributed by atoms with Crippen LogP contribution in [-0.2, 0) is 4.74 Å². The minimum absolute atomic E-state index is 0.262. The molecule has 0 saturated carbocycles. The average Bonchev–Trinajstić information content (AvgIpc) is 2.46. The number of ether oxygens (including phenoxy) is 1. The third kappa shape index (κ3) is 1.88. The number of rotatable bonds is 1. The number of fused-ring (bicyclic) bond motifs is 3. The van der Waals surface area contributed by atoms with Crippen LogP contribution in [0.5, 0.6) is 0 Å². The summed E-state index contributed by atoms with van der Waals surface area (Å²) in [7, 11) is 1.33. The van der Waals surface area contributed by atoms with Crippen LogP contribution in [-0.4, -0.2) is 28.0 Å². The van der Waals surface area contributed by atoms with Crippen molar-refractivity contribution in [2.45, 2.75) is 0 Å². The summed E-state index contributed by atoms with van der Waals surface area (Å²) < 4.78 is 4.68. The standard InChI is InChI=1S/C13H8ClN3O2/c1-19-13(18)7-2-3-8-9(6-7)17-12(14)11-10(8)15-4-5-16-11/h2-6H,1H3. The van der Waals surface area contributed by atoms with Gasteiger partial charge in [-0.2, -0.15) is 0 Å². The lowest BCUT2D eigenvalue weighted by Gasteiger charge is -2.05. The lowest BCUT2D eigenvalue weighted by molar-refractivity contribution is 0.0601. The Morgan fingerprint density at radius 2 is 1.95 bits per heavy atom. The SMILES string of the molecule is COC(=O)c1ccc2c(c1)nc(Cl)c1nccnc12. The molecule has 0 unspecified atom stereocenters. The van der Waals surface area contributed by atoms with Gasteiger partial charge in [-0.3, -0.25) is 4.98 Å². The number of hydrogen-bond donors (Lipinski definition) is 0. The topological polar surface area (TPSA) is 65.0 Å². The van der Waals surface area contributed by atoms with Gasteiger partial charge in [-0.15, -0.1) is 0 Å². The highest BCUT2D eigenvalue weighted by atomic mass is 35.5. The molecule has 0 N–H and O–H groups in total. The molecule has 0 saturated heterocycles. The van der Waals surface area contributed by atoms with Crippen LogP contribution in [0.4, 0.5) is 0 Å². The first-order valence-electron chi connectivity index (χ1n) is 5.49. The van der Waals surface area contributed by atoms with E-state index in [9.17, 15) is 4.79 Å². The van der Waals surface area contributed by atoms with Crippen LogP contribution in [0.1, 0.15) is 10.4 Å². The van der Waals surface area contributed by atoms with E-state index in [1.807, 2.05) is 0 Å². The van der Waals surface area contributed by atoms with Crippen molar-refractivity contribution in [1.82, 2.24) is 15.0 Å². The van der Waals surface area contributed by atoms with Crippen molar-refractivity contribution in [3.05, 3.63) is 41.3 Å². The fourth-order valence-electron chi connectivity index (χ4n) is 1.91. The molecule has 0 radical (unpaired) electrons. The fraction of sp³-hybridized carbons (Fsp3) is 0.0769. The summed E-state index contributed by atoms with van der Waals surface area (Å²) in [5, 5.41) is 1.05. The molecule has 3 rings (SSSR count). The molecule has 0 aliphatic heterocycles. The van der Waals surface area contributed by atoms with E-state index < -0.39 is 5.97 Å². The first-order valence-corrected chi connectivity index (χ1v) is 5.87. The lowest BCUT2D eigenvalue weighted by atomic mass is 10.1. The highest BCUT2D eigenvalue weighted by Crippen LogP contribution is 2.26. The smallest absolute Gasteiger partial charge is 0.337 e. The van der Waals surface area contributed by atoms with E-state index in [1.54, 1.807) is 30.6 Å². The number of methoxy groups -OCH3 is 1. The molecule has 1 aromatic carbocycles. The van der Waals surface area contributed by atoms with Crippen LogP contribution < -0.4 is 0 Å². The van der Waals surface area contributed by atoms with Crippen molar-refractivity contribution in [3.8, 4) is 0 Å². The maximum atomic E-state index is 11.5. The second-order valence-electron chi connectivity index (χ2n) is 3.88. The zero-order valence-electron chi connectivity index (χ0n) is 9.92. The van der Waals surface area contributed by atoms with E-state index in [4.69, 9.17) is 11.6 Å². The minimum Gasteiger partial charge on any atom is -0.465 e. The van der Waals surface area contributed by atoms with Crippen molar-refractivity contribution < 1.29 is 9.53 Å². The van der Waals surface area contributed by atoms with Crippen molar-refractivity contribution >= 4 is 39.5 Å². The highest BCUT2D eigenvalue weighted by Gasteiger charge is 2.12. The summed E-state index contributed by atoms with van der Waals surface area (Å²) in [5.74, 6) is -0.418. The Kier molecular flexibility index (Phi) is 2.76. The second kappa shape index (κ2) is 4.44. The molecule has 19 heavy (non-hydrogen) atoms. The molecule has 94 valence electrons. The van der Waals surface area contributed by atoms with E-state index in [2.05, 4.69) is 19.7 Å². The molecule has 0 atom stereocenters. The molecule has 0 amide bonds. The van der Waals surface area contributed by atoms with Crippen LogP contribution in [0.25, 0.3) is 21.9 Å². The Balaban J connectivity index is 2.37. The molecule has 0 fully saturated rings. The number of carbonyl (C=O) groups excluding carboxylic acids is 1. The lowest BCUT2D eigenvalue weighted by Crippen LogP contribution is -2.01. The molecule has 0 spiro atoms. The highest BCUT2D eigenvalue weighted by molar-refractivity contribution is 6.35. The number of esters is 1. The van der Waals surface area contributed by atoms with Gasteiger partial charge in [0.05, 0.1) is 18.2 Å². The summed E-state index contributed by atoms with van der Waals surface area (Å²) in [6.45, 7) is 0. The number of halogens is 1. The van der Waals surface area contributed by atoms with Crippen molar-refractivity contribution in [2.75, 3.05) is 7.11 Å². The Morgan fingerprint density at radius 1 is 1.21 bits per heavy atom. The van der Waals surface area contributed by atoms with Crippen LogP contribution in [0.15, 0.2) is 30.6 Å². The summed E-state index contributed by atoms with van der Waals surface area (Å²) in [4.78, 5) is 24.1. The molecule has 3 aromatic rings. The summed E-state index contributed by atoms with van der Waals surface area (Å²) in [6.07, 6.45) is 3.15. The minimum atomic E-state index is -0.418. The largest absolute Gasteiger partial charge is 0.465 e. The zero-order chi connectivity index (χ0) is 13.4. The molecule has 5 nitrogen and oxygen atoms in total. The van der Waals surface area contributed by atoms with Gasteiger partial charge in [-0.1, -0.05) is 11.6 Å². The van der Waals surface area contributed by atoms with Gasteiger partial charge >= 0.3 is 5.97 Å². The zero-order valence-corrected chi connectivity index (χ0v) is 10.7. The van der Waals surface area contributed by atoms with Crippen molar-refractivity contribution in [2.24, 2.45) is 0 Å². The Bertz CT molecular complexity index is 804. The van der Waals surface area contributed by atoms with E-state index >= 15 is 0 Å². The monoisotopic (exact) mass is 273 g/mol. The Morgan fingerprint density at radius 3 is 2.68 bits per heavy atom.